The van der Waals surface area contributed by atoms with Crippen molar-refractivity contribution < 1.29 is 19.0 Å². The van der Waals surface area contributed by atoms with E-state index < -0.39 is 5.82 Å². The minimum atomic E-state index is -0.470. The second-order valence-electron chi connectivity index (χ2n) is 5.47. The van der Waals surface area contributed by atoms with Gasteiger partial charge in [0.05, 0.1) is 19.9 Å². The monoisotopic (exact) mass is 339 g/mol. The summed E-state index contributed by atoms with van der Waals surface area (Å²) in [7, 11) is 1.48. The molecule has 0 saturated carbocycles. The van der Waals surface area contributed by atoms with Gasteiger partial charge in [0.2, 0.25) is 5.88 Å². The molecule has 0 bridgehead atoms. The van der Waals surface area contributed by atoms with E-state index >= 15 is 0 Å². The Morgan fingerprint density at radius 1 is 1.00 bits per heavy atom. The Morgan fingerprint density at radius 3 is 2.52 bits per heavy atom. The molecule has 0 aliphatic heterocycles. The molecule has 2 aromatic carbocycles. The second kappa shape index (κ2) is 7.77. The maximum atomic E-state index is 14.3. The van der Waals surface area contributed by atoms with Gasteiger partial charge in [-0.1, -0.05) is 42.5 Å². The first-order chi connectivity index (χ1) is 12.2. The van der Waals surface area contributed by atoms with E-state index in [9.17, 15) is 9.50 Å². The summed E-state index contributed by atoms with van der Waals surface area (Å²) >= 11 is 0. The van der Waals surface area contributed by atoms with E-state index in [1.165, 1.54) is 13.2 Å². The number of aromatic nitrogens is 1. The zero-order valence-electron chi connectivity index (χ0n) is 13.8. The van der Waals surface area contributed by atoms with Gasteiger partial charge in [-0.05, 0) is 17.2 Å². The van der Waals surface area contributed by atoms with Gasteiger partial charge in [-0.25, -0.2) is 9.37 Å². The quantitative estimate of drug-likeness (QED) is 0.738. The van der Waals surface area contributed by atoms with Gasteiger partial charge in [-0.15, -0.1) is 0 Å². The Bertz CT molecular complexity index is 853. The molecule has 0 atom stereocenters. The number of benzene rings is 2. The molecule has 0 aliphatic rings. The van der Waals surface area contributed by atoms with Crippen LogP contribution < -0.4 is 9.47 Å². The summed E-state index contributed by atoms with van der Waals surface area (Å²) in [5, 5.41) is 9.39. The van der Waals surface area contributed by atoms with Gasteiger partial charge in [-0.3, -0.25) is 0 Å². The normalized spacial score (nSPS) is 10.5. The van der Waals surface area contributed by atoms with Crippen LogP contribution in [-0.2, 0) is 13.2 Å². The first-order valence-electron chi connectivity index (χ1n) is 7.81. The van der Waals surface area contributed by atoms with Gasteiger partial charge < -0.3 is 14.6 Å². The topological polar surface area (TPSA) is 51.6 Å². The molecule has 0 radical (unpaired) electrons. The lowest BCUT2D eigenvalue weighted by Crippen LogP contribution is -1.99. The molecular formula is C20H18FNO3. The molecule has 0 unspecified atom stereocenters. The van der Waals surface area contributed by atoms with Crippen LogP contribution in [-0.4, -0.2) is 17.2 Å². The lowest BCUT2D eigenvalue weighted by atomic mass is 10.0. The molecule has 128 valence electrons. The van der Waals surface area contributed by atoms with Crippen LogP contribution in [0.15, 0.2) is 60.8 Å². The van der Waals surface area contributed by atoms with Crippen molar-refractivity contribution in [2.75, 3.05) is 7.11 Å². The Hall–Kier alpha value is -2.92. The minimum absolute atomic E-state index is 0.121. The van der Waals surface area contributed by atoms with E-state index in [-0.39, 0.29) is 6.61 Å². The standard InChI is InChI=1S/C20H18FNO3/c1-24-20-10-17(18(21)11-22-20)16-8-7-15(12-23)9-19(16)25-13-14-5-3-2-4-6-14/h2-11,23H,12-13H2,1H3. The molecule has 1 heterocycles. The van der Waals surface area contributed by atoms with Crippen molar-refractivity contribution in [1.29, 1.82) is 0 Å². The van der Waals surface area contributed by atoms with Crippen LogP contribution in [0.4, 0.5) is 4.39 Å². The molecule has 5 heteroatoms. The molecule has 0 aliphatic carbocycles. The van der Waals surface area contributed by atoms with Crippen LogP contribution in [0.2, 0.25) is 0 Å². The number of hydrogen-bond donors (Lipinski definition) is 1. The molecule has 4 nitrogen and oxygen atoms in total. The van der Waals surface area contributed by atoms with Crippen LogP contribution in [0.5, 0.6) is 11.6 Å². The second-order valence-corrected chi connectivity index (χ2v) is 5.47. The molecule has 0 saturated heterocycles. The average molecular weight is 339 g/mol. The van der Waals surface area contributed by atoms with Gasteiger partial charge in [0.25, 0.3) is 0 Å². The molecular weight excluding hydrogens is 321 g/mol. The maximum absolute atomic E-state index is 14.3. The Labute approximate surface area is 145 Å². The molecule has 0 spiro atoms. The third-order valence-corrected chi connectivity index (χ3v) is 3.80. The summed E-state index contributed by atoms with van der Waals surface area (Å²) in [5.41, 5.74) is 2.59. The number of aliphatic hydroxyl groups is 1. The fourth-order valence-corrected chi connectivity index (χ4v) is 2.48. The molecule has 0 fully saturated rings. The third kappa shape index (κ3) is 3.95. The highest BCUT2D eigenvalue weighted by atomic mass is 19.1. The zero-order valence-corrected chi connectivity index (χ0v) is 13.8. The van der Waals surface area contributed by atoms with Gasteiger partial charge in [0.15, 0.2) is 0 Å². The Kier molecular flexibility index (Phi) is 5.26. The number of halogens is 1. The Morgan fingerprint density at radius 2 is 1.80 bits per heavy atom. The van der Waals surface area contributed by atoms with Crippen molar-refractivity contribution in [2.45, 2.75) is 13.2 Å². The van der Waals surface area contributed by atoms with Crippen molar-refractivity contribution in [1.82, 2.24) is 4.98 Å². The van der Waals surface area contributed by atoms with Crippen molar-refractivity contribution in [2.24, 2.45) is 0 Å². The summed E-state index contributed by atoms with van der Waals surface area (Å²) in [4.78, 5) is 3.86. The van der Waals surface area contributed by atoms with Crippen molar-refractivity contribution in [3.63, 3.8) is 0 Å². The van der Waals surface area contributed by atoms with E-state index in [4.69, 9.17) is 9.47 Å². The molecule has 0 amide bonds. The van der Waals surface area contributed by atoms with E-state index in [0.29, 0.717) is 34.9 Å². The summed E-state index contributed by atoms with van der Waals surface area (Å²) in [6, 6.07) is 16.4. The highest BCUT2D eigenvalue weighted by molar-refractivity contribution is 5.72. The molecule has 3 rings (SSSR count). The van der Waals surface area contributed by atoms with Crippen LogP contribution in [0.25, 0.3) is 11.1 Å². The minimum Gasteiger partial charge on any atom is -0.488 e. The number of ether oxygens (including phenoxy) is 2. The van der Waals surface area contributed by atoms with Gasteiger partial charge >= 0.3 is 0 Å². The summed E-state index contributed by atoms with van der Waals surface area (Å²) in [6.45, 7) is 0.219. The van der Waals surface area contributed by atoms with Crippen molar-refractivity contribution >= 4 is 0 Å². The number of pyridine rings is 1. The van der Waals surface area contributed by atoms with Gasteiger partial charge in [0.1, 0.15) is 18.2 Å². The van der Waals surface area contributed by atoms with E-state index in [1.54, 1.807) is 18.2 Å². The number of methoxy groups -OCH3 is 1. The highest BCUT2D eigenvalue weighted by Gasteiger charge is 2.14. The first-order valence-corrected chi connectivity index (χ1v) is 7.81. The summed E-state index contributed by atoms with van der Waals surface area (Å²) in [6.07, 6.45) is 1.12. The van der Waals surface area contributed by atoms with Crippen LogP contribution in [0.3, 0.4) is 0 Å². The number of rotatable bonds is 6. The van der Waals surface area contributed by atoms with Crippen LogP contribution >= 0.6 is 0 Å². The summed E-state index contributed by atoms with van der Waals surface area (Å²) in [5.74, 6) is 0.335. The highest BCUT2D eigenvalue weighted by Crippen LogP contribution is 2.34. The maximum Gasteiger partial charge on any atom is 0.213 e. The predicted octanol–water partition coefficient (Wildman–Crippen LogP) is 3.97. The summed E-state index contributed by atoms with van der Waals surface area (Å²) < 4.78 is 25.3. The Balaban J connectivity index is 1.98. The lowest BCUT2D eigenvalue weighted by Gasteiger charge is -2.14. The fraction of sp³-hybridized carbons (Fsp3) is 0.150. The predicted molar refractivity (Wildman–Crippen MR) is 92.9 cm³/mol. The first kappa shape index (κ1) is 16.9. The van der Waals surface area contributed by atoms with E-state index in [1.807, 2.05) is 30.3 Å². The van der Waals surface area contributed by atoms with Gasteiger partial charge in [-0.2, -0.15) is 0 Å². The van der Waals surface area contributed by atoms with Crippen molar-refractivity contribution in [3.05, 3.63) is 77.7 Å². The molecule has 1 N–H and O–H groups in total. The number of hydrogen-bond acceptors (Lipinski definition) is 4. The van der Waals surface area contributed by atoms with Crippen molar-refractivity contribution in [3.8, 4) is 22.8 Å². The number of aliphatic hydroxyl groups excluding tert-OH is 1. The average Bonchev–Trinajstić information content (AvgIpc) is 2.67. The fourth-order valence-electron chi connectivity index (χ4n) is 2.48. The molecule has 3 aromatic rings. The van der Waals surface area contributed by atoms with Crippen LogP contribution in [0, 0.1) is 5.82 Å². The number of nitrogens with zero attached hydrogens (tertiary/aromatic N) is 1. The smallest absolute Gasteiger partial charge is 0.213 e. The lowest BCUT2D eigenvalue weighted by molar-refractivity contribution is 0.278. The van der Waals surface area contributed by atoms with Crippen LogP contribution in [0.1, 0.15) is 11.1 Å². The van der Waals surface area contributed by atoms with E-state index in [0.717, 1.165) is 11.8 Å². The zero-order chi connectivity index (χ0) is 17.6. The SMILES string of the molecule is COc1cc(-c2ccc(CO)cc2OCc2ccccc2)c(F)cn1. The van der Waals surface area contributed by atoms with E-state index in [2.05, 4.69) is 4.98 Å². The molecule has 25 heavy (non-hydrogen) atoms. The van der Waals surface area contributed by atoms with Gasteiger partial charge in [0, 0.05) is 17.2 Å². The molecule has 1 aromatic heterocycles. The largest absolute Gasteiger partial charge is 0.488 e. The third-order valence-electron chi connectivity index (χ3n) is 3.80.